The average molecular weight is 285 g/mol. The standard InChI is InChI=1S/C20H15NO/c22-21(19-11-9-15-5-1-3-7-17(15)13-19)20-12-10-16-6-2-4-8-18(16)14-20/h1-14,22H. The van der Waals surface area contributed by atoms with Crippen LogP contribution in [0.3, 0.4) is 0 Å². The fraction of sp³-hybridized carbons (Fsp3) is 0. The van der Waals surface area contributed by atoms with E-state index in [0.29, 0.717) is 0 Å². The zero-order valence-corrected chi connectivity index (χ0v) is 12.0. The lowest BCUT2D eigenvalue weighted by Gasteiger charge is -2.18. The van der Waals surface area contributed by atoms with Gasteiger partial charge in [0.15, 0.2) is 0 Å². The van der Waals surface area contributed by atoms with Crippen LogP contribution in [0.25, 0.3) is 21.5 Å². The van der Waals surface area contributed by atoms with E-state index in [4.69, 9.17) is 0 Å². The van der Waals surface area contributed by atoms with E-state index in [1.165, 1.54) is 5.06 Å². The van der Waals surface area contributed by atoms with Gasteiger partial charge in [-0.25, -0.2) is 5.06 Å². The molecular weight excluding hydrogens is 270 g/mol. The molecule has 0 bridgehead atoms. The molecule has 0 saturated carbocycles. The molecule has 1 N–H and O–H groups in total. The molecule has 4 rings (SSSR count). The zero-order valence-electron chi connectivity index (χ0n) is 12.0. The summed E-state index contributed by atoms with van der Waals surface area (Å²) in [5, 5.41) is 16.3. The molecule has 0 unspecified atom stereocenters. The van der Waals surface area contributed by atoms with Crippen molar-refractivity contribution in [1.29, 1.82) is 0 Å². The van der Waals surface area contributed by atoms with Gasteiger partial charge in [-0.05, 0) is 45.8 Å². The number of rotatable bonds is 2. The van der Waals surface area contributed by atoms with Gasteiger partial charge < -0.3 is 0 Å². The van der Waals surface area contributed by atoms with Crippen molar-refractivity contribution in [3.05, 3.63) is 84.9 Å². The Hall–Kier alpha value is -2.84. The van der Waals surface area contributed by atoms with Crippen molar-refractivity contribution in [3.8, 4) is 0 Å². The lowest BCUT2D eigenvalue weighted by atomic mass is 10.1. The van der Waals surface area contributed by atoms with E-state index in [9.17, 15) is 5.21 Å². The molecular formula is C20H15NO. The number of anilines is 2. The predicted octanol–water partition coefficient (Wildman–Crippen LogP) is 5.52. The molecule has 0 atom stereocenters. The fourth-order valence-corrected chi connectivity index (χ4v) is 2.77. The summed E-state index contributed by atoms with van der Waals surface area (Å²) in [6.45, 7) is 0. The molecule has 0 heterocycles. The minimum absolute atomic E-state index is 0.758. The van der Waals surface area contributed by atoms with Crippen LogP contribution in [0.15, 0.2) is 84.9 Å². The first-order valence-corrected chi connectivity index (χ1v) is 7.28. The molecule has 0 aromatic heterocycles. The van der Waals surface area contributed by atoms with Crippen LogP contribution in [-0.4, -0.2) is 5.21 Å². The monoisotopic (exact) mass is 285 g/mol. The molecule has 2 nitrogen and oxygen atoms in total. The first-order chi connectivity index (χ1) is 10.8. The van der Waals surface area contributed by atoms with E-state index in [1.54, 1.807) is 0 Å². The Bertz CT molecular complexity index is 882. The molecule has 0 fully saturated rings. The fourth-order valence-electron chi connectivity index (χ4n) is 2.77. The van der Waals surface area contributed by atoms with E-state index < -0.39 is 0 Å². The van der Waals surface area contributed by atoms with Gasteiger partial charge in [0.05, 0.1) is 11.4 Å². The van der Waals surface area contributed by atoms with Crippen molar-refractivity contribution >= 4 is 32.9 Å². The van der Waals surface area contributed by atoms with Crippen molar-refractivity contribution in [2.75, 3.05) is 5.06 Å². The van der Waals surface area contributed by atoms with E-state index >= 15 is 0 Å². The Balaban J connectivity index is 1.78. The van der Waals surface area contributed by atoms with Crippen LogP contribution in [0.4, 0.5) is 11.4 Å². The SMILES string of the molecule is ON(c1ccc2ccccc2c1)c1ccc2ccccc2c1. The summed E-state index contributed by atoms with van der Waals surface area (Å²) in [5.74, 6) is 0. The van der Waals surface area contributed by atoms with Gasteiger partial charge in [0.1, 0.15) is 0 Å². The summed E-state index contributed by atoms with van der Waals surface area (Å²) in [5.41, 5.74) is 1.52. The highest BCUT2D eigenvalue weighted by atomic mass is 16.5. The Kier molecular flexibility index (Phi) is 3.02. The Morgan fingerprint density at radius 2 is 0.909 bits per heavy atom. The second-order valence-electron chi connectivity index (χ2n) is 5.37. The van der Waals surface area contributed by atoms with Crippen LogP contribution in [0.1, 0.15) is 0 Å². The lowest BCUT2D eigenvalue weighted by molar-refractivity contribution is 0.301. The summed E-state index contributed by atoms with van der Waals surface area (Å²) >= 11 is 0. The van der Waals surface area contributed by atoms with Crippen LogP contribution < -0.4 is 5.06 Å². The third-order valence-electron chi connectivity index (χ3n) is 3.96. The molecule has 4 aromatic rings. The van der Waals surface area contributed by atoms with Crippen LogP contribution in [-0.2, 0) is 0 Å². The average Bonchev–Trinajstić information content (AvgIpc) is 2.60. The van der Waals surface area contributed by atoms with Gasteiger partial charge in [-0.3, -0.25) is 5.21 Å². The summed E-state index contributed by atoms with van der Waals surface area (Å²) in [6, 6.07) is 28.2. The smallest absolute Gasteiger partial charge is 0.0699 e. The number of hydrogen-bond acceptors (Lipinski definition) is 2. The van der Waals surface area contributed by atoms with Crippen LogP contribution in [0.2, 0.25) is 0 Å². The quantitative estimate of drug-likeness (QED) is 0.490. The van der Waals surface area contributed by atoms with Gasteiger partial charge in [-0.1, -0.05) is 60.7 Å². The Labute approximate surface area is 128 Å². The highest BCUT2D eigenvalue weighted by molar-refractivity contribution is 5.89. The lowest BCUT2D eigenvalue weighted by Crippen LogP contribution is -2.10. The van der Waals surface area contributed by atoms with E-state index in [1.807, 2.05) is 72.8 Å². The molecule has 4 aromatic carbocycles. The largest absolute Gasteiger partial charge is 0.284 e. The van der Waals surface area contributed by atoms with Gasteiger partial charge in [0, 0.05) is 0 Å². The van der Waals surface area contributed by atoms with Crippen molar-refractivity contribution in [1.82, 2.24) is 0 Å². The summed E-state index contributed by atoms with van der Waals surface area (Å²) in [6.07, 6.45) is 0. The first-order valence-electron chi connectivity index (χ1n) is 7.28. The molecule has 0 aliphatic heterocycles. The minimum Gasteiger partial charge on any atom is -0.284 e. The maximum absolute atomic E-state index is 10.5. The highest BCUT2D eigenvalue weighted by Gasteiger charge is 2.07. The van der Waals surface area contributed by atoms with Crippen molar-refractivity contribution in [2.24, 2.45) is 0 Å². The number of fused-ring (bicyclic) bond motifs is 2. The first kappa shape index (κ1) is 12.9. The molecule has 2 heteroatoms. The zero-order chi connectivity index (χ0) is 14.9. The van der Waals surface area contributed by atoms with Gasteiger partial charge in [0.25, 0.3) is 0 Å². The molecule has 22 heavy (non-hydrogen) atoms. The van der Waals surface area contributed by atoms with Crippen LogP contribution in [0.5, 0.6) is 0 Å². The van der Waals surface area contributed by atoms with Crippen LogP contribution in [0, 0.1) is 0 Å². The molecule has 106 valence electrons. The molecule has 0 saturated heterocycles. The highest BCUT2D eigenvalue weighted by Crippen LogP contribution is 2.29. The second kappa shape index (κ2) is 5.17. The topological polar surface area (TPSA) is 23.5 Å². The normalized spacial score (nSPS) is 11.0. The second-order valence-corrected chi connectivity index (χ2v) is 5.37. The molecule has 0 amide bonds. The number of nitrogens with zero attached hydrogens (tertiary/aromatic N) is 1. The Morgan fingerprint density at radius 1 is 0.500 bits per heavy atom. The number of hydrogen-bond donors (Lipinski definition) is 1. The van der Waals surface area contributed by atoms with Gasteiger partial charge in [-0.15, -0.1) is 0 Å². The molecule has 0 radical (unpaired) electrons. The van der Waals surface area contributed by atoms with Crippen molar-refractivity contribution < 1.29 is 5.21 Å². The predicted molar refractivity (Wildman–Crippen MR) is 91.8 cm³/mol. The Morgan fingerprint density at radius 3 is 1.36 bits per heavy atom. The third-order valence-corrected chi connectivity index (χ3v) is 3.96. The van der Waals surface area contributed by atoms with E-state index in [2.05, 4.69) is 12.1 Å². The minimum atomic E-state index is 0.758. The van der Waals surface area contributed by atoms with Crippen LogP contribution >= 0.6 is 0 Å². The van der Waals surface area contributed by atoms with Crippen molar-refractivity contribution in [3.63, 3.8) is 0 Å². The summed E-state index contributed by atoms with van der Waals surface area (Å²) in [4.78, 5) is 0. The van der Waals surface area contributed by atoms with Gasteiger partial charge in [-0.2, -0.15) is 0 Å². The van der Waals surface area contributed by atoms with E-state index in [-0.39, 0.29) is 0 Å². The molecule has 0 spiro atoms. The number of benzene rings is 4. The van der Waals surface area contributed by atoms with Gasteiger partial charge >= 0.3 is 0 Å². The third kappa shape index (κ3) is 2.20. The molecule has 0 aliphatic carbocycles. The maximum Gasteiger partial charge on any atom is 0.0699 e. The summed E-state index contributed by atoms with van der Waals surface area (Å²) < 4.78 is 0. The van der Waals surface area contributed by atoms with Gasteiger partial charge in [0.2, 0.25) is 0 Å². The summed E-state index contributed by atoms with van der Waals surface area (Å²) in [7, 11) is 0. The maximum atomic E-state index is 10.5. The molecule has 0 aliphatic rings. The van der Waals surface area contributed by atoms with E-state index in [0.717, 1.165) is 32.9 Å². The van der Waals surface area contributed by atoms with Crippen molar-refractivity contribution in [2.45, 2.75) is 0 Å².